The minimum Gasteiger partial charge on any atom is -0.460 e. The number of esters is 1. The maximum absolute atomic E-state index is 9.78. The predicted octanol–water partition coefficient (Wildman–Crippen LogP) is -0.437. The summed E-state index contributed by atoms with van der Waals surface area (Å²) in [7, 11) is 0. The molecule has 0 aromatic rings. The largest absolute Gasteiger partial charge is 0.460 e. The Morgan fingerprint density at radius 3 is 2.57 bits per heavy atom. The summed E-state index contributed by atoms with van der Waals surface area (Å²) < 4.78 is 4.07. The van der Waals surface area contributed by atoms with Crippen molar-refractivity contribution in [3.63, 3.8) is 0 Å². The van der Waals surface area contributed by atoms with E-state index in [-0.39, 0.29) is 12.9 Å². The van der Waals surface area contributed by atoms with E-state index in [9.17, 15) is 9.59 Å². The number of hydrogen-bond acceptors (Lipinski definition) is 3. The van der Waals surface area contributed by atoms with Crippen molar-refractivity contribution in [2.45, 2.75) is 0 Å². The van der Waals surface area contributed by atoms with E-state index in [1.807, 2.05) is 0 Å². The molecule has 0 amide bonds. The van der Waals surface area contributed by atoms with E-state index in [1.54, 1.807) is 0 Å². The molecule has 0 saturated heterocycles. The summed E-state index contributed by atoms with van der Waals surface area (Å²) in [4.78, 5) is 19.2. The van der Waals surface area contributed by atoms with E-state index in [2.05, 4.69) is 11.7 Å². The van der Waals surface area contributed by atoms with Crippen LogP contribution in [0, 0.1) is 6.92 Å². The fourth-order valence-electron chi connectivity index (χ4n) is 0.135. The first-order chi connectivity index (χ1) is 3.31. The van der Waals surface area contributed by atoms with Gasteiger partial charge in [0.05, 0.1) is 6.61 Å². The molecule has 39 valence electrons. The standard InChI is InChI=1S/C4H5O3/c1-2-7-4(6)3-5/h3H,1-2H2. The number of carbonyl (C=O) groups is 2. The fraction of sp³-hybridized carbons (Fsp3) is 0.250. The van der Waals surface area contributed by atoms with E-state index in [0.717, 1.165) is 0 Å². The Bertz CT molecular complexity index is 77.0. The van der Waals surface area contributed by atoms with Crippen LogP contribution < -0.4 is 0 Å². The molecule has 7 heavy (non-hydrogen) atoms. The summed E-state index contributed by atoms with van der Waals surface area (Å²) in [6.07, 6.45) is 0.102. The maximum Gasteiger partial charge on any atom is 0.371 e. The lowest BCUT2D eigenvalue weighted by atomic mass is 10.7. The third-order valence-electron chi connectivity index (χ3n) is 0.341. The Morgan fingerprint density at radius 2 is 2.43 bits per heavy atom. The van der Waals surface area contributed by atoms with Gasteiger partial charge >= 0.3 is 5.97 Å². The average Bonchev–Trinajstić information content (AvgIpc) is 1.68. The second-order valence-electron chi connectivity index (χ2n) is 0.785. The summed E-state index contributed by atoms with van der Waals surface area (Å²) in [5.74, 6) is -0.866. The number of aldehydes is 1. The van der Waals surface area contributed by atoms with E-state index in [4.69, 9.17) is 0 Å². The van der Waals surface area contributed by atoms with Crippen molar-refractivity contribution < 1.29 is 14.3 Å². The van der Waals surface area contributed by atoms with E-state index >= 15 is 0 Å². The summed E-state index contributed by atoms with van der Waals surface area (Å²) >= 11 is 0. The van der Waals surface area contributed by atoms with Gasteiger partial charge in [0.2, 0.25) is 6.29 Å². The van der Waals surface area contributed by atoms with Crippen molar-refractivity contribution >= 4 is 12.3 Å². The Morgan fingerprint density at radius 1 is 1.86 bits per heavy atom. The lowest BCUT2D eigenvalue weighted by molar-refractivity contribution is -0.147. The zero-order chi connectivity index (χ0) is 5.70. The molecule has 0 fully saturated rings. The first-order valence-electron chi connectivity index (χ1n) is 1.72. The molecule has 0 N–H and O–H groups in total. The van der Waals surface area contributed by atoms with Gasteiger partial charge in [0.15, 0.2) is 0 Å². The number of ether oxygens (including phenoxy) is 1. The monoisotopic (exact) mass is 101 g/mol. The number of hydrogen-bond donors (Lipinski definition) is 0. The van der Waals surface area contributed by atoms with Crippen molar-refractivity contribution in [3.05, 3.63) is 6.92 Å². The van der Waals surface area contributed by atoms with Crippen LogP contribution in [0.1, 0.15) is 0 Å². The molecule has 0 spiro atoms. The molecule has 0 heterocycles. The molecular formula is C4H5O3. The van der Waals surface area contributed by atoms with Gasteiger partial charge in [-0.25, -0.2) is 4.79 Å². The lowest BCUT2D eigenvalue weighted by Crippen LogP contribution is -2.03. The normalized spacial score (nSPS) is 7.57. The molecule has 0 unspecified atom stereocenters. The summed E-state index contributed by atoms with van der Waals surface area (Å²) in [5, 5.41) is 0. The van der Waals surface area contributed by atoms with Gasteiger partial charge in [-0.15, -0.1) is 0 Å². The molecular weight excluding hydrogens is 96.0 g/mol. The summed E-state index contributed by atoms with van der Waals surface area (Å²) in [6, 6.07) is 0. The van der Waals surface area contributed by atoms with Crippen LogP contribution in [0.25, 0.3) is 0 Å². The van der Waals surface area contributed by atoms with Crippen LogP contribution in [0.15, 0.2) is 0 Å². The van der Waals surface area contributed by atoms with Crippen LogP contribution in [0.3, 0.4) is 0 Å². The second kappa shape index (κ2) is 3.33. The zero-order valence-electron chi connectivity index (χ0n) is 3.72. The summed E-state index contributed by atoms with van der Waals surface area (Å²) in [6.45, 7) is 3.18. The van der Waals surface area contributed by atoms with Crippen molar-refractivity contribution in [1.82, 2.24) is 0 Å². The molecule has 1 radical (unpaired) electrons. The molecule has 0 atom stereocenters. The highest BCUT2D eigenvalue weighted by Crippen LogP contribution is 1.67. The minimum absolute atomic E-state index is 0.0115. The second-order valence-corrected chi connectivity index (χ2v) is 0.785. The molecule has 0 aromatic heterocycles. The molecule has 0 aliphatic rings. The van der Waals surface area contributed by atoms with Gasteiger partial charge in [-0.2, -0.15) is 0 Å². The molecule has 0 bridgehead atoms. The highest BCUT2D eigenvalue weighted by molar-refractivity contribution is 6.20. The maximum atomic E-state index is 9.78. The van der Waals surface area contributed by atoms with Crippen LogP contribution in [-0.2, 0) is 14.3 Å². The van der Waals surface area contributed by atoms with Gasteiger partial charge in [-0.1, -0.05) is 0 Å². The Labute approximate surface area is 41.3 Å². The van der Waals surface area contributed by atoms with Gasteiger partial charge in [0.25, 0.3) is 0 Å². The van der Waals surface area contributed by atoms with E-state index in [0.29, 0.717) is 0 Å². The van der Waals surface area contributed by atoms with Crippen LogP contribution in [-0.4, -0.2) is 18.9 Å². The number of rotatable bonds is 2. The Hall–Kier alpha value is -0.860. The Balaban J connectivity index is 3.17. The van der Waals surface area contributed by atoms with Gasteiger partial charge in [0, 0.05) is 0 Å². The van der Waals surface area contributed by atoms with E-state index < -0.39 is 5.97 Å². The predicted molar refractivity (Wildman–Crippen MR) is 22.4 cm³/mol. The van der Waals surface area contributed by atoms with Gasteiger partial charge in [-0.3, -0.25) is 4.79 Å². The minimum atomic E-state index is -0.866. The van der Waals surface area contributed by atoms with Crippen LogP contribution in [0.2, 0.25) is 0 Å². The smallest absolute Gasteiger partial charge is 0.371 e. The average molecular weight is 101 g/mol. The van der Waals surface area contributed by atoms with Crippen LogP contribution >= 0.6 is 0 Å². The molecule has 3 heteroatoms. The van der Waals surface area contributed by atoms with Crippen molar-refractivity contribution in [1.29, 1.82) is 0 Å². The third kappa shape index (κ3) is 2.96. The number of carbonyl (C=O) groups excluding carboxylic acids is 2. The molecule has 0 saturated carbocycles. The van der Waals surface area contributed by atoms with Crippen LogP contribution in [0.4, 0.5) is 0 Å². The van der Waals surface area contributed by atoms with Crippen molar-refractivity contribution in [3.8, 4) is 0 Å². The molecule has 0 aromatic carbocycles. The third-order valence-corrected chi connectivity index (χ3v) is 0.341. The van der Waals surface area contributed by atoms with Gasteiger partial charge < -0.3 is 4.74 Å². The Kier molecular flexibility index (Phi) is 2.92. The quantitative estimate of drug-likeness (QED) is 0.269. The summed E-state index contributed by atoms with van der Waals surface area (Å²) in [5.41, 5.74) is 0. The fourth-order valence-corrected chi connectivity index (χ4v) is 0.135. The molecule has 0 rings (SSSR count). The first kappa shape index (κ1) is 6.14. The van der Waals surface area contributed by atoms with Gasteiger partial charge in [0.1, 0.15) is 0 Å². The topological polar surface area (TPSA) is 43.4 Å². The molecule has 0 aliphatic carbocycles. The SMILES string of the molecule is [CH2]COC(=O)C=O. The molecule has 0 aliphatic heterocycles. The lowest BCUT2D eigenvalue weighted by Gasteiger charge is -1.88. The first-order valence-corrected chi connectivity index (χ1v) is 1.72. The van der Waals surface area contributed by atoms with Crippen LogP contribution in [0.5, 0.6) is 0 Å². The highest BCUT2D eigenvalue weighted by Gasteiger charge is 1.91. The zero-order valence-corrected chi connectivity index (χ0v) is 3.72. The molecule has 3 nitrogen and oxygen atoms in total. The highest BCUT2D eigenvalue weighted by atomic mass is 16.5. The van der Waals surface area contributed by atoms with E-state index in [1.165, 1.54) is 0 Å². The van der Waals surface area contributed by atoms with Crippen molar-refractivity contribution in [2.75, 3.05) is 6.61 Å². The van der Waals surface area contributed by atoms with Crippen molar-refractivity contribution in [2.24, 2.45) is 0 Å². The van der Waals surface area contributed by atoms with Gasteiger partial charge in [-0.05, 0) is 6.92 Å².